The molecule has 0 radical (unpaired) electrons. The molecule has 0 saturated heterocycles. The molecule has 0 bridgehead atoms. The molecule has 98 valence electrons. The van der Waals surface area contributed by atoms with Gasteiger partial charge in [-0.15, -0.1) is 0 Å². The van der Waals surface area contributed by atoms with E-state index >= 15 is 0 Å². The molecule has 0 spiro atoms. The largest absolute Gasteiger partial charge is 0.494 e. The summed E-state index contributed by atoms with van der Waals surface area (Å²) in [4.78, 5) is 14.1. The first-order valence-electron chi connectivity index (χ1n) is 6.03. The van der Waals surface area contributed by atoms with Crippen LogP contribution < -0.4 is 10.5 Å². The Bertz CT molecular complexity index is 444. The summed E-state index contributed by atoms with van der Waals surface area (Å²) in [6.07, 6.45) is 1.99. The molecular formula is C13H18N2O3. The van der Waals surface area contributed by atoms with Crippen molar-refractivity contribution in [2.24, 2.45) is 0 Å². The fourth-order valence-corrected chi connectivity index (χ4v) is 2.05. The van der Waals surface area contributed by atoms with Crippen LogP contribution in [-0.2, 0) is 0 Å². The molecule has 1 aliphatic carbocycles. The van der Waals surface area contributed by atoms with Gasteiger partial charge in [-0.3, -0.25) is 4.79 Å². The second kappa shape index (κ2) is 5.27. The van der Waals surface area contributed by atoms with Gasteiger partial charge in [0.2, 0.25) is 0 Å². The van der Waals surface area contributed by atoms with Gasteiger partial charge < -0.3 is 20.5 Å². The number of aliphatic hydroxyl groups is 1. The summed E-state index contributed by atoms with van der Waals surface area (Å²) in [6.45, 7) is 0.314. The van der Waals surface area contributed by atoms with E-state index in [1.54, 1.807) is 23.1 Å². The van der Waals surface area contributed by atoms with Gasteiger partial charge in [0.1, 0.15) is 0 Å². The van der Waals surface area contributed by atoms with Crippen LogP contribution in [0, 0.1) is 0 Å². The van der Waals surface area contributed by atoms with E-state index < -0.39 is 0 Å². The molecule has 5 heteroatoms. The highest BCUT2D eigenvalue weighted by Gasteiger charge is 2.33. The number of hydrogen-bond acceptors (Lipinski definition) is 4. The maximum absolute atomic E-state index is 12.4. The number of rotatable bonds is 5. The summed E-state index contributed by atoms with van der Waals surface area (Å²) in [7, 11) is 1.50. The first-order chi connectivity index (χ1) is 8.69. The normalized spacial score (nSPS) is 14.3. The van der Waals surface area contributed by atoms with E-state index in [0.29, 0.717) is 23.5 Å². The Morgan fingerprint density at radius 3 is 2.83 bits per heavy atom. The molecule has 1 amide bonds. The molecule has 2 rings (SSSR count). The molecule has 5 nitrogen and oxygen atoms in total. The number of carbonyl (C=O) groups is 1. The number of aliphatic hydroxyl groups excluding tert-OH is 1. The molecular weight excluding hydrogens is 232 g/mol. The summed E-state index contributed by atoms with van der Waals surface area (Å²) in [5.41, 5.74) is 6.69. The van der Waals surface area contributed by atoms with E-state index in [1.165, 1.54) is 7.11 Å². The Hall–Kier alpha value is -1.75. The molecule has 1 fully saturated rings. The molecule has 18 heavy (non-hydrogen) atoms. The first kappa shape index (κ1) is 12.7. The number of amides is 1. The minimum atomic E-state index is -0.129. The summed E-state index contributed by atoms with van der Waals surface area (Å²) in [6, 6.07) is 5.37. The van der Waals surface area contributed by atoms with Crippen LogP contribution in [0.4, 0.5) is 5.69 Å². The summed E-state index contributed by atoms with van der Waals surface area (Å²) in [5, 5.41) is 9.04. The van der Waals surface area contributed by atoms with Gasteiger partial charge in [-0.1, -0.05) is 6.07 Å². The first-order valence-corrected chi connectivity index (χ1v) is 6.03. The van der Waals surface area contributed by atoms with Gasteiger partial charge in [-0.05, 0) is 25.0 Å². The quantitative estimate of drug-likeness (QED) is 0.760. The Kier molecular flexibility index (Phi) is 3.72. The van der Waals surface area contributed by atoms with Crippen molar-refractivity contribution in [3.05, 3.63) is 23.8 Å². The highest BCUT2D eigenvalue weighted by molar-refractivity contribution is 5.99. The second-order valence-electron chi connectivity index (χ2n) is 4.38. The zero-order valence-electron chi connectivity index (χ0n) is 10.4. The van der Waals surface area contributed by atoms with Crippen LogP contribution in [0.1, 0.15) is 23.2 Å². The number of para-hydroxylation sites is 1. The number of anilines is 1. The maximum atomic E-state index is 12.4. The molecule has 0 aromatic heterocycles. The monoisotopic (exact) mass is 250 g/mol. The van der Waals surface area contributed by atoms with E-state index in [-0.39, 0.29) is 18.6 Å². The van der Waals surface area contributed by atoms with Crippen molar-refractivity contribution < 1.29 is 14.6 Å². The topological polar surface area (TPSA) is 75.8 Å². The van der Waals surface area contributed by atoms with Gasteiger partial charge in [0, 0.05) is 12.6 Å². The minimum absolute atomic E-state index is 0.0349. The Labute approximate surface area is 106 Å². The molecule has 1 aromatic carbocycles. The van der Waals surface area contributed by atoms with Gasteiger partial charge in [0.15, 0.2) is 5.75 Å². The average molecular weight is 250 g/mol. The SMILES string of the molecule is COc1c(N)cccc1C(=O)N(CCO)C1CC1. The van der Waals surface area contributed by atoms with Crippen molar-refractivity contribution in [3.63, 3.8) is 0 Å². The highest BCUT2D eigenvalue weighted by atomic mass is 16.5. The fraction of sp³-hybridized carbons (Fsp3) is 0.462. The number of nitrogen functional groups attached to an aromatic ring is 1. The zero-order chi connectivity index (χ0) is 13.1. The Morgan fingerprint density at radius 2 is 2.28 bits per heavy atom. The predicted octanol–water partition coefficient (Wildman–Crippen LogP) is 0.874. The Balaban J connectivity index is 2.29. The van der Waals surface area contributed by atoms with Gasteiger partial charge >= 0.3 is 0 Å². The summed E-state index contributed by atoms with van der Waals surface area (Å²) in [5.74, 6) is 0.279. The molecule has 0 unspecified atom stereocenters. The van der Waals surface area contributed by atoms with Gasteiger partial charge in [0.25, 0.3) is 5.91 Å². The average Bonchev–Trinajstić information content (AvgIpc) is 3.19. The number of hydrogen-bond donors (Lipinski definition) is 2. The minimum Gasteiger partial charge on any atom is -0.494 e. The number of nitrogens with zero attached hydrogens (tertiary/aromatic N) is 1. The molecule has 1 saturated carbocycles. The molecule has 1 aliphatic rings. The van der Waals surface area contributed by atoms with E-state index in [0.717, 1.165) is 12.8 Å². The third-order valence-corrected chi connectivity index (χ3v) is 3.07. The van der Waals surface area contributed by atoms with Gasteiger partial charge in [-0.25, -0.2) is 0 Å². The van der Waals surface area contributed by atoms with Crippen LogP contribution in [0.5, 0.6) is 5.75 Å². The fourth-order valence-electron chi connectivity index (χ4n) is 2.05. The van der Waals surface area contributed by atoms with Crippen LogP contribution in [0.25, 0.3) is 0 Å². The summed E-state index contributed by atoms with van der Waals surface area (Å²) >= 11 is 0. The maximum Gasteiger partial charge on any atom is 0.258 e. The molecule has 0 aliphatic heterocycles. The lowest BCUT2D eigenvalue weighted by molar-refractivity contribution is 0.0704. The van der Waals surface area contributed by atoms with Crippen molar-refractivity contribution in [3.8, 4) is 5.75 Å². The van der Waals surface area contributed by atoms with Crippen LogP contribution in [0.2, 0.25) is 0 Å². The third-order valence-electron chi connectivity index (χ3n) is 3.07. The van der Waals surface area contributed by atoms with Crippen LogP contribution >= 0.6 is 0 Å². The van der Waals surface area contributed by atoms with Crippen LogP contribution in [0.15, 0.2) is 18.2 Å². The molecule has 1 aromatic rings. The summed E-state index contributed by atoms with van der Waals surface area (Å²) < 4.78 is 5.19. The van der Waals surface area contributed by atoms with Crippen molar-refractivity contribution in [2.75, 3.05) is 26.0 Å². The number of nitrogens with two attached hydrogens (primary N) is 1. The predicted molar refractivity (Wildman–Crippen MR) is 68.6 cm³/mol. The number of ether oxygens (including phenoxy) is 1. The van der Waals surface area contributed by atoms with Crippen LogP contribution in [-0.4, -0.2) is 42.2 Å². The number of carbonyl (C=O) groups excluding carboxylic acids is 1. The lowest BCUT2D eigenvalue weighted by Crippen LogP contribution is -2.35. The highest BCUT2D eigenvalue weighted by Crippen LogP contribution is 2.32. The lowest BCUT2D eigenvalue weighted by Gasteiger charge is -2.22. The second-order valence-corrected chi connectivity index (χ2v) is 4.38. The van der Waals surface area contributed by atoms with Crippen molar-refractivity contribution in [1.29, 1.82) is 0 Å². The zero-order valence-corrected chi connectivity index (χ0v) is 10.4. The van der Waals surface area contributed by atoms with Gasteiger partial charge in [-0.2, -0.15) is 0 Å². The van der Waals surface area contributed by atoms with E-state index in [2.05, 4.69) is 0 Å². The third kappa shape index (κ3) is 2.41. The number of methoxy groups -OCH3 is 1. The lowest BCUT2D eigenvalue weighted by atomic mass is 10.1. The smallest absolute Gasteiger partial charge is 0.258 e. The van der Waals surface area contributed by atoms with E-state index in [4.69, 9.17) is 15.6 Å². The van der Waals surface area contributed by atoms with Crippen molar-refractivity contribution >= 4 is 11.6 Å². The molecule has 3 N–H and O–H groups in total. The van der Waals surface area contributed by atoms with Crippen molar-refractivity contribution in [1.82, 2.24) is 4.90 Å². The van der Waals surface area contributed by atoms with E-state index in [1.807, 2.05) is 0 Å². The number of benzene rings is 1. The van der Waals surface area contributed by atoms with E-state index in [9.17, 15) is 4.79 Å². The van der Waals surface area contributed by atoms with Crippen molar-refractivity contribution in [2.45, 2.75) is 18.9 Å². The van der Waals surface area contributed by atoms with Crippen LogP contribution in [0.3, 0.4) is 0 Å². The molecule has 0 heterocycles. The Morgan fingerprint density at radius 1 is 1.56 bits per heavy atom. The molecule has 0 atom stereocenters. The van der Waals surface area contributed by atoms with Gasteiger partial charge in [0.05, 0.1) is 25.0 Å². The standard InChI is InChI=1S/C13H18N2O3/c1-18-12-10(3-2-4-11(12)14)13(17)15(7-8-16)9-5-6-9/h2-4,9,16H,5-8,14H2,1H3.